The van der Waals surface area contributed by atoms with Crippen molar-refractivity contribution in [2.75, 3.05) is 6.61 Å². The van der Waals surface area contributed by atoms with Gasteiger partial charge in [0, 0.05) is 22.1 Å². The lowest BCUT2D eigenvalue weighted by atomic mass is 10.1. The van der Waals surface area contributed by atoms with Crippen LogP contribution in [0.15, 0.2) is 53.0 Å². The molecule has 2 amide bonds. The van der Waals surface area contributed by atoms with Gasteiger partial charge in [0.2, 0.25) is 5.91 Å². The second-order valence-electron chi connectivity index (χ2n) is 7.56. The lowest BCUT2D eigenvalue weighted by Gasteiger charge is -2.29. The third-order valence-corrected chi connectivity index (χ3v) is 6.00. The van der Waals surface area contributed by atoms with Gasteiger partial charge >= 0.3 is 0 Å². The number of halogens is 2. The third kappa shape index (κ3) is 6.47. The van der Waals surface area contributed by atoms with Gasteiger partial charge in [0.1, 0.15) is 11.8 Å². The van der Waals surface area contributed by atoms with Crippen molar-refractivity contribution in [2.24, 2.45) is 0 Å². The Labute approximate surface area is 190 Å². The Bertz CT molecular complexity index is 886. The van der Waals surface area contributed by atoms with Gasteiger partial charge in [-0.2, -0.15) is 0 Å². The Morgan fingerprint density at radius 3 is 2.63 bits per heavy atom. The molecule has 0 bridgehead atoms. The minimum atomic E-state index is -0.611. The molecule has 160 valence electrons. The monoisotopic (exact) mass is 492 g/mol. The zero-order valence-corrected chi connectivity index (χ0v) is 19.3. The fourth-order valence-corrected chi connectivity index (χ4v) is 4.22. The standard InChI is InChI=1S/C23H26BrClN2O3/c1-16(23(29)26-20-9-2-3-10-20)27(14-17-6-4-7-18(24)12-17)22(28)15-30-21-11-5-8-19(25)13-21/h4-8,11-13,16,20H,2-3,9-10,14-15H2,1H3,(H,26,29)/t16-/m0/s1. The van der Waals surface area contributed by atoms with Crippen LogP contribution in [-0.2, 0) is 16.1 Å². The van der Waals surface area contributed by atoms with Crippen LogP contribution in [0.2, 0.25) is 5.02 Å². The van der Waals surface area contributed by atoms with Gasteiger partial charge in [0.05, 0.1) is 0 Å². The molecule has 0 aliphatic heterocycles. The fraction of sp³-hybridized carbons (Fsp3) is 0.391. The van der Waals surface area contributed by atoms with Crippen molar-refractivity contribution in [1.82, 2.24) is 10.2 Å². The van der Waals surface area contributed by atoms with Crippen molar-refractivity contribution in [3.63, 3.8) is 0 Å². The van der Waals surface area contributed by atoms with Gasteiger partial charge in [-0.3, -0.25) is 9.59 Å². The van der Waals surface area contributed by atoms with Crippen LogP contribution in [0.25, 0.3) is 0 Å². The van der Waals surface area contributed by atoms with Crippen molar-refractivity contribution in [3.05, 3.63) is 63.6 Å². The maximum atomic E-state index is 13.1. The molecule has 7 heteroatoms. The van der Waals surface area contributed by atoms with Crippen molar-refractivity contribution >= 4 is 39.3 Å². The zero-order chi connectivity index (χ0) is 21.5. The van der Waals surface area contributed by atoms with Crippen molar-refractivity contribution in [1.29, 1.82) is 0 Å². The average molecular weight is 494 g/mol. The molecule has 1 aliphatic rings. The Morgan fingerprint density at radius 2 is 1.93 bits per heavy atom. The van der Waals surface area contributed by atoms with Gasteiger partial charge in [0.25, 0.3) is 5.91 Å². The van der Waals surface area contributed by atoms with E-state index in [1.54, 1.807) is 36.1 Å². The summed E-state index contributed by atoms with van der Waals surface area (Å²) in [5, 5.41) is 3.63. The summed E-state index contributed by atoms with van der Waals surface area (Å²) in [6, 6.07) is 14.2. The highest BCUT2D eigenvalue weighted by Gasteiger charge is 2.28. The third-order valence-electron chi connectivity index (χ3n) is 5.27. The smallest absolute Gasteiger partial charge is 0.261 e. The molecule has 30 heavy (non-hydrogen) atoms. The molecule has 1 N–H and O–H groups in total. The summed E-state index contributed by atoms with van der Waals surface area (Å²) < 4.78 is 6.56. The van der Waals surface area contributed by atoms with E-state index in [4.69, 9.17) is 16.3 Å². The highest BCUT2D eigenvalue weighted by molar-refractivity contribution is 9.10. The first kappa shape index (κ1) is 22.6. The van der Waals surface area contributed by atoms with Gasteiger partial charge in [-0.05, 0) is 55.7 Å². The summed E-state index contributed by atoms with van der Waals surface area (Å²) in [6.45, 7) is 1.91. The quantitative estimate of drug-likeness (QED) is 0.566. The maximum absolute atomic E-state index is 13.1. The van der Waals surface area contributed by atoms with Crippen LogP contribution < -0.4 is 10.1 Å². The van der Waals surface area contributed by atoms with Gasteiger partial charge in [-0.15, -0.1) is 0 Å². The van der Waals surface area contributed by atoms with Gasteiger partial charge < -0.3 is 15.0 Å². The Kier molecular flexibility index (Phi) is 8.16. The van der Waals surface area contributed by atoms with E-state index in [-0.39, 0.29) is 24.5 Å². The first-order valence-corrected chi connectivity index (χ1v) is 11.3. The lowest BCUT2D eigenvalue weighted by Crippen LogP contribution is -2.50. The second-order valence-corrected chi connectivity index (χ2v) is 8.92. The molecule has 1 saturated carbocycles. The van der Waals surface area contributed by atoms with Crippen LogP contribution >= 0.6 is 27.5 Å². The number of amides is 2. The van der Waals surface area contributed by atoms with Crippen LogP contribution in [0.3, 0.4) is 0 Å². The largest absolute Gasteiger partial charge is 0.484 e. The number of nitrogens with zero attached hydrogens (tertiary/aromatic N) is 1. The highest BCUT2D eigenvalue weighted by Crippen LogP contribution is 2.20. The molecule has 1 aliphatic carbocycles. The first-order valence-electron chi connectivity index (χ1n) is 10.1. The van der Waals surface area contributed by atoms with E-state index in [0.29, 0.717) is 17.3 Å². The van der Waals surface area contributed by atoms with E-state index in [1.807, 2.05) is 24.3 Å². The Hall–Kier alpha value is -2.05. The van der Waals surface area contributed by atoms with E-state index >= 15 is 0 Å². The summed E-state index contributed by atoms with van der Waals surface area (Å²) in [5.41, 5.74) is 0.931. The van der Waals surface area contributed by atoms with E-state index in [9.17, 15) is 9.59 Å². The van der Waals surface area contributed by atoms with Crippen molar-refractivity contribution in [2.45, 2.75) is 51.2 Å². The molecule has 0 spiro atoms. The van der Waals surface area contributed by atoms with E-state index < -0.39 is 6.04 Å². The van der Waals surface area contributed by atoms with Crippen LogP contribution in [0.5, 0.6) is 5.75 Å². The Morgan fingerprint density at radius 1 is 1.20 bits per heavy atom. The molecular weight excluding hydrogens is 468 g/mol. The summed E-state index contributed by atoms with van der Waals surface area (Å²) in [5.74, 6) is 0.123. The van der Waals surface area contributed by atoms with Crippen LogP contribution in [0.1, 0.15) is 38.2 Å². The molecule has 2 aromatic carbocycles. The molecule has 0 unspecified atom stereocenters. The highest BCUT2D eigenvalue weighted by atomic mass is 79.9. The normalized spacial score (nSPS) is 14.9. The number of nitrogens with one attached hydrogen (secondary N) is 1. The minimum Gasteiger partial charge on any atom is -0.484 e. The molecule has 0 heterocycles. The minimum absolute atomic E-state index is 0.131. The SMILES string of the molecule is C[C@@H](C(=O)NC1CCCC1)N(Cc1cccc(Br)c1)C(=O)COc1cccc(Cl)c1. The van der Waals surface area contributed by atoms with E-state index in [2.05, 4.69) is 21.2 Å². The molecule has 1 atom stereocenters. The first-order chi connectivity index (χ1) is 14.4. The summed E-state index contributed by atoms with van der Waals surface area (Å²) in [4.78, 5) is 27.5. The topological polar surface area (TPSA) is 58.6 Å². The number of hydrogen-bond acceptors (Lipinski definition) is 3. The maximum Gasteiger partial charge on any atom is 0.261 e. The molecule has 1 fully saturated rings. The van der Waals surface area contributed by atoms with Gasteiger partial charge in [-0.1, -0.05) is 58.6 Å². The van der Waals surface area contributed by atoms with Crippen LogP contribution in [-0.4, -0.2) is 35.4 Å². The molecule has 3 rings (SSSR count). The number of carbonyl (C=O) groups is 2. The zero-order valence-electron chi connectivity index (χ0n) is 16.9. The fourth-order valence-electron chi connectivity index (χ4n) is 3.59. The van der Waals surface area contributed by atoms with E-state index in [1.165, 1.54) is 0 Å². The summed E-state index contributed by atoms with van der Waals surface area (Å²) in [7, 11) is 0. The molecular formula is C23H26BrClN2O3. The second kappa shape index (κ2) is 10.8. The molecule has 5 nitrogen and oxygen atoms in total. The molecule has 2 aromatic rings. The number of rotatable bonds is 8. The van der Waals surface area contributed by atoms with Crippen LogP contribution in [0, 0.1) is 0 Å². The van der Waals surface area contributed by atoms with Crippen LogP contribution in [0.4, 0.5) is 0 Å². The van der Waals surface area contributed by atoms with Crippen molar-refractivity contribution in [3.8, 4) is 5.75 Å². The van der Waals surface area contributed by atoms with E-state index in [0.717, 1.165) is 35.7 Å². The van der Waals surface area contributed by atoms with Gasteiger partial charge in [0.15, 0.2) is 6.61 Å². The number of ether oxygens (including phenoxy) is 1. The molecule has 0 aromatic heterocycles. The molecule has 0 saturated heterocycles. The Balaban J connectivity index is 1.71. The van der Waals surface area contributed by atoms with Gasteiger partial charge in [-0.25, -0.2) is 0 Å². The number of benzene rings is 2. The average Bonchev–Trinajstić information content (AvgIpc) is 3.23. The summed E-state index contributed by atoms with van der Waals surface area (Å²) >= 11 is 9.45. The summed E-state index contributed by atoms with van der Waals surface area (Å²) in [6.07, 6.45) is 4.26. The number of hydrogen-bond donors (Lipinski definition) is 1. The predicted octanol–water partition coefficient (Wildman–Crippen LogP) is 4.96. The van der Waals surface area contributed by atoms with Crippen molar-refractivity contribution < 1.29 is 14.3 Å². The lowest BCUT2D eigenvalue weighted by molar-refractivity contribution is -0.142. The number of carbonyl (C=O) groups excluding carboxylic acids is 2. The molecule has 0 radical (unpaired) electrons. The predicted molar refractivity (Wildman–Crippen MR) is 121 cm³/mol.